The van der Waals surface area contributed by atoms with Gasteiger partial charge in [-0.15, -0.1) is 0 Å². The zero-order valence-corrected chi connectivity index (χ0v) is 15.5. The van der Waals surface area contributed by atoms with Crippen LogP contribution < -0.4 is 5.32 Å². The van der Waals surface area contributed by atoms with E-state index in [1.807, 2.05) is 31.2 Å². The topological polar surface area (TPSA) is 66.5 Å². The monoisotopic (exact) mass is 400 g/mol. The summed E-state index contributed by atoms with van der Waals surface area (Å²) in [6, 6.07) is 13.6. The Morgan fingerprint density at radius 3 is 2.28 bits per heavy atom. The van der Waals surface area contributed by atoms with Crippen molar-refractivity contribution in [1.29, 1.82) is 0 Å². The van der Waals surface area contributed by atoms with Crippen LogP contribution in [0.5, 0.6) is 0 Å². The van der Waals surface area contributed by atoms with Crippen molar-refractivity contribution in [3.05, 3.63) is 69.7 Å². The molecule has 1 saturated heterocycles. The molecule has 6 heteroatoms. The molecule has 1 aliphatic rings. The van der Waals surface area contributed by atoms with Gasteiger partial charge in [-0.1, -0.05) is 57.9 Å². The van der Waals surface area contributed by atoms with Crippen LogP contribution in [0.25, 0.3) is 0 Å². The number of urea groups is 1. The minimum Gasteiger partial charge on any atom is -0.319 e. The Balaban J connectivity index is 1.82. The van der Waals surface area contributed by atoms with Gasteiger partial charge in [-0.2, -0.15) is 0 Å². The Labute approximate surface area is 154 Å². The molecule has 3 rings (SSSR count). The first-order valence-corrected chi connectivity index (χ1v) is 8.60. The highest BCUT2D eigenvalue weighted by molar-refractivity contribution is 9.10. The second-order valence-electron chi connectivity index (χ2n) is 6.24. The van der Waals surface area contributed by atoms with Gasteiger partial charge < -0.3 is 5.32 Å². The van der Waals surface area contributed by atoms with Gasteiger partial charge in [0.25, 0.3) is 5.91 Å². The summed E-state index contributed by atoms with van der Waals surface area (Å²) in [7, 11) is 0. The summed E-state index contributed by atoms with van der Waals surface area (Å²) in [4.78, 5) is 38.5. The molecular weight excluding hydrogens is 384 g/mol. The maximum absolute atomic E-state index is 12.8. The normalized spacial score (nSPS) is 19.9. The lowest BCUT2D eigenvalue weighted by Crippen LogP contribution is -2.41. The molecule has 2 aromatic carbocycles. The summed E-state index contributed by atoms with van der Waals surface area (Å²) < 4.78 is 0.853. The van der Waals surface area contributed by atoms with Gasteiger partial charge >= 0.3 is 6.03 Å². The van der Waals surface area contributed by atoms with Crippen LogP contribution in [0.4, 0.5) is 4.79 Å². The lowest BCUT2D eigenvalue weighted by atomic mass is 9.91. The molecule has 1 fully saturated rings. The Morgan fingerprint density at radius 2 is 1.68 bits per heavy atom. The van der Waals surface area contributed by atoms with E-state index in [2.05, 4.69) is 21.2 Å². The second-order valence-corrected chi connectivity index (χ2v) is 7.16. The molecule has 1 aliphatic heterocycles. The molecule has 2 aromatic rings. The molecule has 3 amide bonds. The Kier molecular flexibility index (Phi) is 4.47. The van der Waals surface area contributed by atoms with Crippen LogP contribution in [-0.4, -0.2) is 29.2 Å². The summed E-state index contributed by atoms with van der Waals surface area (Å²) in [5, 5.41) is 2.71. The zero-order valence-electron chi connectivity index (χ0n) is 13.9. The van der Waals surface area contributed by atoms with E-state index in [9.17, 15) is 14.4 Å². The highest BCUT2D eigenvalue weighted by Gasteiger charge is 2.49. The molecule has 0 spiro atoms. The molecule has 5 nitrogen and oxygen atoms in total. The number of rotatable bonds is 4. The number of benzene rings is 2. The minimum atomic E-state index is -1.16. The van der Waals surface area contributed by atoms with Crippen molar-refractivity contribution in [3.8, 4) is 0 Å². The predicted molar refractivity (Wildman–Crippen MR) is 97.2 cm³/mol. The van der Waals surface area contributed by atoms with Crippen LogP contribution in [0, 0.1) is 6.92 Å². The van der Waals surface area contributed by atoms with Crippen LogP contribution >= 0.6 is 15.9 Å². The Morgan fingerprint density at radius 1 is 1.08 bits per heavy atom. The smallest absolute Gasteiger partial charge is 0.319 e. The molecule has 1 N–H and O–H groups in total. The van der Waals surface area contributed by atoms with Crippen molar-refractivity contribution in [2.24, 2.45) is 0 Å². The third-order valence-corrected chi connectivity index (χ3v) is 4.90. The largest absolute Gasteiger partial charge is 0.325 e. The van der Waals surface area contributed by atoms with Crippen molar-refractivity contribution in [3.63, 3.8) is 0 Å². The van der Waals surface area contributed by atoms with Crippen LogP contribution in [-0.2, 0) is 10.3 Å². The first-order chi connectivity index (χ1) is 11.8. The summed E-state index contributed by atoms with van der Waals surface area (Å²) in [6.45, 7) is 3.32. The molecule has 1 heterocycles. The zero-order chi connectivity index (χ0) is 18.2. The van der Waals surface area contributed by atoms with Crippen molar-refractivity contribution >= 4 is 33.7 Å². The second kappa shape index (κ2) is 6.44. The third-order valence-electron chi connectivity index (χ3n) is 4.37. The van der Waals surface area contributed by atoms with E-state index in [0.717, 1.165) is 14.9 Å². The van der Waals surface area contributed by atoms with Crippen LogP contribution in [0.2, 0.25) is 0 Å². The molecule has 0 aliphatic carbocycles. The number of ketones is 1. The summed E-state index contributed by atoms with van der Waals surface area (Å²) >= 11 is 3.31. The number of carbonyl (C=O) groups excluding carboxylic acids is 3. The third kappa shape index (κ3) is 3.22. The number of imide groups is 1. The molecular formula is C19H17BrN2O3. The average Bonchev–Trinajstić information content (AvgIpc) is 2.80. The molecule has 0 bridgehead atoms. The Hall–Kier alpha value is -2.47. The van der Waals surface area contributed by atoms with E-state index in [1.165, 1.54) is 0 Å². The van der Waals surface area contributed by atoms with Gasteiger partial charge in [-0.25, -0.2) is 4.79 Å². The van der Waals surface area contributed by atoms with Gasteiger partial charge in [0.15, 0.2) is 5.78 Å². The van der Waals surface area contributed by atoms with Crippen molar-refractivity contribution in [1.82, 2.24) is 10.2 Å². The number of halogens is 1. The van der Waals surface area contributed by atoms with Gasteiger partial charge in [0, 0.05) is 10.0 Å². The van der Waals surface area contributed by atoms with Gasteiger partial charge in [-0.3, -0.25) is 14.5 Å². The van der Waals surface area contributed by atoms with Crippen molar-refractivity contribution in [2.75, 3.05) is 6.54 Å². The van der Waals surface area contributed by atoms with E-state index in [4.69, 9.17) is 0 Å². The quantitative estimate of drug-likeness (QED) is 0.631. The van der Waals surface area contributed by atoms with Crippen LogP contribution in [0.1, 0.15) is 28.4 Å². The van der Waals surface area contributed by atoms with Gasteiger partial charge in [0.05, 0.1) is 6.54 Å². The number of hydrogen-bond donors (Lipinski definition) is 1. The molecule has 25 heavy (non-hydrogen) atoms. The maximum Gasteiger partial charge on any atom is 0.325 e. The first kappa shape index (κ1) is 17.4. The highest BCUT2D eigenvalue weighted by Crippen LogP contribution is 2.29. The van der Waals surface area contributed by atoms with E-state index >= 15 is 0 Å². The fourth-order valence-electron chi connectivity index (χ4n) is 2.79. The van der Waals surface area contributed by atoms with E-state index in [1.54, 1.807) is 31.2 Å². The Bertz CT molecular complexity index is 846. The van der Waals surface area contributed by atoms with Crippen LogP contribution in [0.3, 0.4) is 0 Å². The van der Waals surface area contributed by atoms with E-state index in [0.29, 0.717) is 11.1 Å². The lowest BCUT2D eigenvalue weighted by Gasteiger charge is -2.22. The van der Waals surface area contributed by atoms with Crippen molar-refractivity contribution in [2.45, 2.75) is 19.4 Å². The molecule has 128 valence electrons. The lowest BCUT2D eigenvalue weighted by molar-refractivity contribution is -0.130. The SMILES string of the molecule is Cc1ccc([C@]2(C)NC(=O)N(CC(=O)c3ccc(Br)cc3)C2=O)cc1. The average molecular weight is 401 g/mol. The molecule has 0 aromatic heterocycles. The number of hydrogen-bond acceptors (Lipinski definition) is 3. The minimum absolute atomic E-state index is 0.284. The maximum atomic E-state index is 12.8. The molecule has 0 saturated carbocycles. The fraction of sp³-hybridized carbons (Fsp3) is 0.211. The fourth-order valence-corrected chi connectivity index (χ4v) is 3.06. The molecule has 0 radical (unpaired) electrons. The van der Waals surface area contributed by atoms with Crippen molar-refractivity contribution < 1.29 is 14.4 Å². The summed E-state index contributed by atoms with van der Waals surface area (Å²) in [5.74, 6) is -0.712. The summed E-state index contributed by atoms with van der Waals surface area (Å²) in [6.07, 6.45) is 0. The summed E-state index contributed by atoms with van der Waals surface area (Å²) in [5.41, 5.74) is 1.04. The predicted octanol–water partition coefficient (Wildman–Crippen LogP) is 3.41. The van der Waals surface area contributed by atoms with Crippen LogP contribution in [0.15, 0.2) is 53.0 Å². The van der Waals surface area contributed by atoms with E-state index in [-0.39, 0.29) is 12.3 Å². The number of aryl methyl sites for hydroxylation is 1. The first-order valence-electron chi connectivity index (χ1n) is 7.81. The number of carbonyl (C=O) groups is 3. The molecule has 0 unspecified atom stereocenters. The number of nitrogens with zero attached hydrogens (tertiary/aromatic N) is 1. The standard InChI is InChI=1S/C19H17BrN2O3/c1-12-3-7-14(8-4-12)19(2)17(24)22(18(25)21-19)11-16(23)13-5-9-15(20)10-6-13/h3-10H,11H2,1-2H3,(H,21,25)/t19-/m0/s1. The van der Waals surface area contributed by atoms with Gasteiger partial charge in [-0.05, 0) is 31.5 Å². The van der Waals surface area contributed by atoms with E-state index < -0.39 is 17.5 Å². The number of Topliss-reactive ketones (excluding diaryl/α,β-unsaturated/α-hetero) is 1. The van der Waals surface area contributed by atoms with Gasteiger partial charge in [0.1, 0.15) is 5.54 Å². The van der Waals surface area contributed by atoms with Gasteiger partial charge in [0.2, 0.25) is 0 Å². The number of nitrogens with one attached hydrogen (secondary N) is 1. The number of amides is 3. The highest BCUT2D eigenvalue weighted by atomic mass is 79.9. The molecule has 1 atom stereocenters.